The SMILES string of the molecule is CC(C)=C1C=CC(O)=C(c2ccccc2O)C1. The third-order valence-corrected chi connectivity index (χ3v) is 2.99. The number of phenolic OH excluding ortho intramolecular Hbond substituents is 1. The lowest BCUT2D eigenvalue weighted by Crippen LogP contribution is -1.98. The van der Waals surface area contributed by atoms with Gasteiger partial charge in [-0.1, -0.05) is 29.8 Å². The van der Waals surface area contributed by atoms with E-state index >= 15 is 0 Å². The third-order valence-electron chi connectivity index (χ3n) is 2.99. The zero-order valence-corrected chi connectivity index (χ0v) is 10.1. The van der Waals surface area contributed by atoms with E-state index in [1.165, 1.54) is 11.1 Å². The van der Waals surface area contributed by atoms with Crippen LogP contribution in [0.3, 0.4) is 0 Å². The van der Waals surface area contributed by atoms with Gasteiger partial charge in [-0.15, -0.1) is 0 Å². The molecule has 0 saturated heterocycles. The Balaban J connectivity index is 2.49. The molecule has 88 valence electrons. The van der Waals surface area contributed by atoms with Gasteiger partial charge in [-0.2, -0.15) is 0 Å². The maximum atomic E-state index is 9.91. The van der Waals surface area contributed by atoms with E-state index in [0.29, 0.717) is 12.0 Å². The Morgan fingerprint density at radius 2 is 1.76 bits per heavy atom. The Kier molecular flexibility index (Phi) is 3.05. The van der Waals surface area contributed by atoms with Crippen molar-refractivity contribution in [1.29, 1.82) is 0 Å². The standard InChI is InChI=1S/C15H16O2/c1-10(2)11-7-8-15(17)13(9-11)12-5-3-4-6-14(12)16/h3-8,16-17H,9H2,1-2H3. The van der Waals surface area contributed by atoms with Crippen LogP contribution in [0.25, 0.3) is 5.57 Å². The van der Waals surface area contributed by atoms with Crippen molar-refractivity contribution in [2.75, 3.05) is 0 Å². The van der Waals surface area contributed by atoms with Gasteiger partial charge >= 0.3 is 0 Å². The second-order valence-electron chi connectivity index (χ2n) is 4.42. The second-order valence-corrected chi connectivity index (χ2v) is 4.42. The molecule has 1 aliphatic carbocycles. The van der Waals surface area contributed by atoms with Gasteiger partial charge in [0.25, 0.3) is 0 Å². The summed E-state index contributed by atoms with van der Waals surface area (Å²) in [5.41, 5.74) is 3.89. The fraction of sp³-hybridized carbons (Fsp3) is 0.200. The molecule has 1 aliphatic rings. The molecule has 0 amide bonds. The quantitative estimate of drug-likeness (QED) is 0.763. The van der Waals surface area contributed by atoms with Crippen molar-refractivity contribution in [2.24, 2.45) is 0 Å². The predicted octanol–water partition coefficient (Wildman–Crippen LogP) is 3.96. The van der Waals surface area contributed by atoms with Crippen molar-refractivity contribution in [3.05, 3.63) is 58.9 Å². The fourth-order valence-corrected chi connectivity index (χ4v) is 1.93. The summed E-state index contributed by atoms with van der Waals surface area (Å²) < 4.78 is 0. The van der Waals surface area contributed by atoms with Gasteiger partial charge in [0.1, 0.15) is 11.5 Å². The molecule has 1 aromatic carbocycles. The zero-order valence-electron chi connectivity index (χ0n) is 10.1. The molecule has 0 spiro atoms. The van der Waals surface area contributed by atoms with Crippen LogP contribution in [0.2, 0.25) is 0 Å². The summed E-state index contributed by atoms with van der Waals surface area (Å²) in [5.74, 6) is 0.439. The molecule has 1 aromatic rings. The molecule has 17 heavy (non-hydrogen) atoms. The molecule has 2 heteroatoms. The number of benzene rings is 1. The molecule has 2 nitrogen and oxygen atoms in total. The van der Waals surface area contributed by atoms with E-state index in [1.807, 2.05) is 32.1 Å². The topological polar surface area (TPSA) is 40.5 Å². The minimum absolute atomic E-state index is 0.206. The average Bonchev–Trinajstić information content (AvgIpc) is 2.30. The molecule has 0 atom stereocenters. The number of rotatable bonds is 1. The first-order chi connectivity index (χ1) is 8.09. The Bertz CT molecular complexity index is 530. The van der Waals surface area contributed by atoms with Crippen LogP contribution in [0.4, 0.5) is 0 Å². The van der Waals surface area contributed by atoms with Crippen LogP contribution >= 0.6 is 0 Å². The van der Waals surface area contributed by atoms with Gasteiger partial charge in [0.05, 0.1) is 0 Å². The van der Waals surface area contributed by atoms with Gasteiger partial charge in [0, 0.05) is 17.6 Å². The van der Waals surface area contributed by atoms with Crippen LogP contribution in [0.1, 0.15) is 25.8 Å². The molecular formula is C15H16O2. The lowest BCUT2D eigenvalue weighted by Gasteiger charge is -2.16. The summed E-state index contributed by atoms with van der Waals surface area (Å²) >= 11 is 0. The van der Waals surface area contributed by atoms with E-state index in [9.17, 15) is 10.2 Å². The Morgan fingerprint density at radius 1 is 1.06 bits per heavy atom. The highest BCUT2D eigenvalue weighted by Crippen LogP contribution is 2.35. The maximum Gasteiger partial charge on any atom is 0.123 e. The van der Waals surface area contributed by atoms with E-state index in [1.54, 1.807) is 18.2 Å². The minimum Gasteiger partial charge on any atom is -0.508 e. The van der Waals surface area contributed by atoms with Crippen molar-refractivity contribution in [3.63, 3.8) is 0 Å². The van der Waals surface area contributed by atoms with Crippen molar-refractivity contribution in [3.8, 4) is 5.75 Å². The molecule has 0 fully saturated rings. The number of hydrogen-bond donors (Lipinski definition) is 2. The van der Waals surface area contributed by atoms with E-state index < -0.39 is 0 Å². The summed E-state index contributed by atoms with van der Waals surface area (Å²) in [6, 6.07) is 7.09. The van der Waals surface area contributed by atoms with E-state index in [4.69, 9.17) is 0 Å². The molecule has 0 radical (unpaired) electrons. The van der Waals surface area contributed by atoms with Crippen molar-refractivity contribution < 1.29 is 10.2 Å². The van der Waals surface area contributed by atoms with E-state index in [-0.39, 0.29) is 11.5 Å². The molecule has 2 N–H and O–H groups in total. The van der Waals surface area contributed by atoms with Crippen LogP contribution in [-0.4, -0.2) is 10.2 Å². The fourth-order valence-electron chi connectivity index (χ4n) is 1.93. The van der Waals surface area contributed by atoms with Gasteiger partial charge in [0.2, 0.25) is 0 Å². The van der Waals surface area contributed by atoms with Crippen LogP contribution in [-0.2, 0) is 0 Å². The molecule has 0 unspecified atom stereocenters. The first-order valence-electron chi connectivity index (χ1n) is 5.64. The average molecular weight is 228 g/mol. The summed E-state index contributed by atoms with van der Waals surface area (Å²) in [6.45, 7) is 4.09. The predicted molar refractivity (Wildman–Crippen MR) is 69.8 cm³/mol. The van der Waals surface area contributed by atoms with Crippen LogP contribution < -0.4 is 0 Å². The number of para-hydroxylation sites is 1. The second kappa shape index (κ2) is 4.50. The van der Waals surface area contributed by atoms with Gasteiger partial charge in [-0.3, -0.25) is 0 Å². The van der Waals surface area contributed by atoms with Crippen molar-refractivity contribution in [2.45, 2.75) is 20.3 Å². The number of hydrogen-bond acceptors (Lipinski definition) is 2. The van der Waals surface area contributed by atoms with Gasteiger partial charge in [-0.05, 0) is 31.6 Å². The number of phenols is 1. The molecule has 0 bridgehead atoms. The summed E-state index contributed by atoms with van der Waals surface area (Å²) in [5, 5.41) is 19.7. The van der Waals surface area contributed by atoms with Crippen LogP contribution in [0.15, 0.2) is 53.3 Å². The zero-order chi connectivity index (χ0) is 12.4. The first-order valence-corrected chi connectivity index (χ1v) is 5.64. The monoisotopic (exact) mass is 228 g/mol. The highest BCUT2D eigenvalue weighted by atomic mass is 16.3. The molecule has 0 aromatic heterocycles. The Labute approximate surface area is 101 Å². The molecule has 2 rings (SSSR count). The summed E-state index contributed by atoms with van der Waals surface area (Å²) in [4.78, 5) is 0. The highest BCUT2D eigenvalue weighted by Gasteiger charge is 2.16. The van der Waals surface area contributed by atoms with E-state index in [2.05, 4.69) is 0 Å². The van der Waals surface area contributed by atoms with Gasteiger partial charge in [0.15, 0.2) is 0 Å². The molecule has 0 saturated carbocycles. The van der Waals surface area contributed by atoms with Gasteiger partial charge < -0.3 is 10.2 Å². The first kappa shape index (κ1) is 11.5. The summed E-state index contributed by atoms with van der Waals surface area (Å²) in [7, 11) is 0. The minimum atomic E-state index is 0.206. The maximum absolute atomic E-state index is 9.91. The largest absolute Gasteiger partial charge is 0.508 e. The number of aliphatic hydroxyl groups excluding tert-OH is 1. The smallest absolute Gasteiger partial charge is 0.123 e. The van der Waals surface area contributed by atoms with E-state index in [0.717, 1.165) is 5.57 Å². The summed E-state index contributed by atoms with van der Waals surface area (Å²) in [6.07, 6.45) is 4.27. The Hall–Kier alpha value is -1.96. The normalized spacial score (nSPS) is 15.3. The van der Waals surface area contributed by atoms with Gasteiger partial charge in [-0.25, -0.2) is 0 Å². The molecular weight excluding hydrogens is 212 g/mol. The number of allylic oxidation sites excluding steroid dienone is 5. The third kappa shape index (κ3) is 2.26. The number of aliphatic hydroxyl groups is 1. The molecule has 0 heterocycles. The molecule has 0 aliphatic heterocycles. The lowest BCUT2D eigenvalue weighted by molar-refractivity contribution is 0.431. The van der Waals surface area contributed by atoms with Crippen molar-refractivity contribution in [1.82, 2.24) is 0 Å². The van der Waals surface area contributed by atoms with Crippen LogP contribution in [0.5, 0.6) is 5.75 Å². The highest BCUT2D eigenvalue weighted by molar-refractivity contribution is 5.77. The van der Waals surface area contributed by atoms with Crippen LogP contribution in [0, 0.1) is 0 Å². The number of aromatic hydroxyl groups is 1. The lowest BCUT2D eigenvalue weighted by atomic mass is 9.90. The Morgan fingerprint density at radius 3 is 2.41 bits per heavy atom. The van der Waals surface area contributed by atoms with Crippen molar-refractivity contribution >= 4 is 5.57 Å².